The highest BCUT2D eigenvalue weighted by Gasteiger charge is 2.16. The highest BCUT2D eigenvalue weighted by Crippen LogP contribution is 2.20. The van der Waals surface area contributed by atoms with Crippen LogP contribution in [0.1, 0.15) is 23.7 Å². The van der Waals surface area contributed by atoms with Gasteiger partial charge in [-0.05, 0) is 12.5 Å². The first kappa shape index (κ1) is 12.6. The first-order valence-corrected chi connectivity index (χ1v) is 6.13. The molecule has 0 saturated heterocycles. The third-order valence-corrected chi connectivity index (χ3v) is 3.19. The number of aromatic nitrogens is 1. The Hall–Kier alpha value is -1.81. The molecule has 0 saturated carbocycles. The quantitative estimate of drug-likeness (QED) is 0.862. The van der Waals surface area contributed by atoms with Gasteiger partial charge in [0, 0.05) is 24.1 Å². The van der Waals surface area contributed by atoms with E-state index in [1.807, 2.05) is 49.0 Å². The number of hydrogen-bond donors (Lipinski definition) is 2. The average Bonchev–Trinajstić information content (AvgIpc) is 2.74. The lowest BCUT2D eigenvalue weighted by molar-refractivity contribution is 0.0916. The Morgan fingerprint density at radius 1 is 1.44 bits per heavy atom. The Morgan fingerprint density at radius 3 is 2.83 bits per heavy atom. The van der Waals surface area contributed by atoms with Crippen molar-refractivity contribution in [2.75, 3.05) is 6.61 Å². The summed E-state index contributed by atoms with van der Waals surface area (Å²) in [5, 5.41) is 12.9. The molecule has 1 atom stereocenters. The second kappa shape index (κ2) is 5.23. The van der Waals surface area contributed by atoms with Crippen LogP contribution >= 0.6 is 0 Å². The number of para-hydroxylation sites is 1. The molecular formula is C14H18N2O2. The Bertz CT molecular complexity index is 556. The van der Waals surface area contributed by atoms with E-state index < -0.39 is 0 Å². The first-order valence-electron chi connectivity index (χ1n) is 6.13. The predicted octanol–water partition coefficient (Wildman–Crippen LogP) is 1.68. The summed E-state index contributed by atoms with van der Waals surface area (Å²) in [4.78, 5) is 12.2. The SMILES string of the molecule is CC[C@@H](CO)NC(=O)c1cn(C)c2ccccc12. The molecule has 0 fully saturated rings. The monoisotopic (exact) mass is 246 g/mol. The number of carbonyl (C=O) groups is 1. The van der Waals surface area contributed by atoms with Gasteiger partial charge < -0.3 is 15.0 Å². The van der Waals surface area contributed by atoms with Crippen LogP contribution in [-0.4, -0.2) is 28.2 Å². The Morgan fingerprint density at radius 2 is 2.17 bits per heavy atom. The van der Waals surface area contributed by atoms with Crippen LogP contribution in [0.2, 0.25) is 0 Å². The van der Waals surface area contributed by atoms with Crippen molar-refractivity contribution < 1.29 is 9.90 Å². The summed E-state index contributed by atoms with van der Waals surface area (Å²) in [6.07, 6.45) is 2.54. The third kappa shape index (κ3) is 2.24. The van der Waals surface area contributed by atoms with Gasteiger partial charge in [-0.25, -0.2) is 0 Å². The van der Waals surface area contributed by atoms with Gasteiger partial charge in [0.2, 0.25) is 0 Å². The van der Waals surface area contributed by atoms with Gasteiger partial charge in [-0.2, -0.15) is 0 Å². The zero-order valence-corrected chi connectivity index (χ0v) is 10.7. The minimum absolute atomic E-state index is 0.0347. The molecule has 0 spiro atoms. The van der Waals surface area contributed by atoms with Crippen molar-refractivity contribution in [2.24, 2.45) is 7.05 Å². The van der Waals surface area contributed by atoms with E-state index in [4.69, 9.17) is 5.11 Å². The Kier molecular flexibility index (Phi) is 3.67. The third-order valence-electron chi connectivity index (χ3n) is 3.19. The molecule has 1 aromatic carbocycles. The fourth-order valence-corrected chi connectivity index (χ4v) is 2.06. The highest BCUT2D eigenvalue weighted by atomic mass is 16.3. The molecule has 0 aliphatic rings. The highest BCUT2D eigenvalue weighted by molar-refractivity contribution is 6.07. The van der Waals surface area contributed by atoms with E-state index in [1.54, 1.807) is 0 Å². The lowest BCUT2D eigenvalue weighted by Crippen LogP contribution is -2.36. The standard InChI is InChI=1S/C14H18N2O2/c1-3-10(9-17)15-14(18)12-8-16(2)13-7-5-4-6-11(12)13/h4-8,10,17H,3,9H2,1-2H3,(H,15,18)/t10-/m0/s1. The number of fused-ring (bicyclic) bond motifs is 1. The van der Waals surface area contributed by atoms with E-state index >= 15 is 0 Å². The van der Waals surface area contributed by atoms with Crippen molar-refractivity contribution in [1.29, 1.82) is 0 Å². The number of carbonyl (C=O) groups excluding carboxylic acids is 1. The van der Waals surface area contributed by atoms with Gasteiger partial charge in [-0.15, -0.1) is 0 Å². The molecule has 1 amide bonds. The molecular weight excluding hydrogens is 228 g/mol. The van der Waals surface area contributed by atoms with Crippen molar-refractivity contribution in [3.8, 4) is 0 Å². The minimum Gasteiger partial charge on any atom is -0.394 e. The van der Waals surface area contributed by atoms with Gasteiger partial charge in [0.15, 0.2) is 0 Å². The summed E-state index contributed by atoms with van der Waals surface area (Å²) < 4.78 is 1.93. The molecule has 2 aromatic rings. The van der Waals surface area contributed by atoms with Crippen LogP contribution in [0, 0.1) is 0 Å². The number of nitrogens with zero attached hydrogens (tertiary/aromatic N) is 1. The Labute approximate surface area is 106 Å². The molecule has 0 radical (unpaired) electrons. The number of aryl methyl sites for hydroxylation is 1. The molecule has 0 unspecified atom stereocenters. The summed E-state index contributed by atoms with van der Waals surface area (Å²) in [7, 11) is 1.92. The van der Waals surface area contributed by atoms with E-state index in [9.17, 15) is 4.79 Å². The van der Waals surface area contributed by atoms with E-state index in [0.29, 0.717) is 12.0 Å². The molecule has 0 aliphatic heterocycles. The molecule has 4 nitrogen and oxygen atoms in total. The Balaban J connectivity index is 2.33. The average molecular weight is 246 g/mol. The number of nitrogens with one attached hydrogen (secondary N) is 1. The van der Waals surface area contributed by atoms with Crippen LogP contribution < -0.4 is 5.32 Å². The number of aliphatic hydroxyl groups is 1. The summed E-state index contributed by atoms with van der Waals surface area (Å²) in [5.41, 5.74) is 1.68. The fraction of sp³-hybridized carbons (Fsp3) is 0.357. The lowest BCUT2D eigenvalue weighted by atomic mass is 10.1. The van der Waals surface area contributed by atoms with Gasteiger partial charge >= 0.3 is 0 Å². The zero-order valence-electron chi connectivity index (χ0n) is 10.7. The predicted molar refractivity (Wildman–Crippen MR) is 71.6 cm³/mol. The van der Waals surface area contributed by atoms with Gasteiger partial charge in [0.1, 0.15) is 0 Å². The van der Waals surface area contributed by atoms with E-state index in [1.165, 1.54) is 0 Å². The number of benzene rings is 1. The molecule has 0 aliphatic carbocycles. The minimum atomic E-state index is -0.184. The molecule has 96 valence electrons. The maximum atomic E-state index is 12.2. The normalized spacial score (nSPS) is 12.6. The number of hydrogen-bond acceptors (Lipinski definition) is 2. The van der Waals surface area contributed by atoms with Crippen molar-refractivity contribution in [3.05, 3.63) is 36.0 Å². The second-order valence-electron chi connectivity index (χ2n) is 4.43. The van der Waals surface area contributed by atoms with Crippen LogP contribution in [0.25, 0.3) is 10.9 Å². The molecule has 18 heavy (non-hydrogen) atoms. The van der Waals surface area contributed by atoms with Gasteiger partial charge in [0.25, 0.3) is 5.91 Å². The largest absolute Gasteiger partial charge is 0.394 e. The van der Waals surface area contributed by atoms with Gasteiger partial charge in [0.05, 0.1) is 18.2 Å². The molecule has 4 heteroatoms. The second-order valence-corrected chi connectivity index (χ2v) is 4.43. The maximum absolute atomic E-state index is 12.2. The number of aliphatic hydroxyl groups excluding tert-OH is 1. The van der Waals surface area contributed by atoms with Crippen LogP contribution in [0.15, 0.2) is 30.5 Å². The molecule has 2 N–H and O–H groups in total. The smallest absolute Gasteiger partial charge is 0.253 e. The topological polar surface area (TPSA) is 54.3 Å². The van der Waals surface area contributed by atoms with E-state index in [-0.39, 0.29) is 18.6 Å². The van der Waals surface area contributed by atoms with Crippen molar-refractivity contribution in [1.82, 2.24) is 9.88 Å². The first-order chi connectivity index (χ1) is 8.67. The fourth-order valence-electron chi connectivity index (χ4n) is 2.06. The van der Waals surface area contributed by atoms with Crippen LogP contribution in [0.3, 0.4) is 0 Å². The van der Waals surface area contributed by atoms with Crippen molar-refractivity contribution >= 4 is 16.8 Å². The summed E-state index contributed by atoms with van der Waals surface area (Å²) in [6.45, 7) is 1.90. The van der Waals surface area contributed by atoms with Gasteiger partial charge in [-0.1, -0.05) is 25.1 Å². The zero-order chi connectivity index (χ0) is 13.1. The number of amides is 1. The summed E-state index contributed by atoms with van der Waals surface area (Å²) in [5.74, 6) is -0.132. The van der Waals surface area contributed by atoms with Crippen molar-refractivity contribution in [3.63, 3.8) is 0 Å². The number of rotatable bonds is 4. The van der Waals surface area contributed by atoms with Crippen LogP contribution in [0.5, 0.6) is 0 Å². The van der Waals surface area contributed by atoms with Crippen LogP contribution in [-0.2, 0) is 7.05 Å². The molecule has 1 aromatic heterocycles. The lowest BCUT2D eigenvalue weighted by Gasteiger charge is -2.13. The maximum Gasteiger partial charge on any atom is 0.253 e. The molecule has 1 heterocycles. The molecule has 2 rings (SSSR count). The summed E-state index contributed by atoms with van der Waals surface area (Å²) in [6, 6.07) is 7.60. The summed E-state index contributed by atoms with van der Waals surface area (Å²) >= 11 is 0. The van der Waals surface area contributed by atoms with Crippen LogP contribution in [0.4, 0.5) is 0 Å². The van der Waals surface area contributed by atoms with Gasteiger partial charge in [-0.3, -0.25) is 4.79 Å². The van der Waals surface area contributed by atoms with E-state index in [0.717, 1.165) is 10.9 Å². The molecule has 0 bridgehead atoms. The van der Waals surface area contributed by atoms with Crippen molar-refractivity contribution in [2.45, 2.75) is 19.4 Å². The van der Waals surface area contributed by atoms with E-state index in [2.05, 4.69) is 5.32 Å².